The van der Waals surface area contributed by atoms with Gasteiger partial charge >= 0.3 is 0 Å². The summed E-state index contributed by atoms with van der Waals surface area (Å²) in [4.78, 5) is 1.27. The number of methoxy groups -OCH3 is 1. The van der Waals surface area contributed by atoms with Crippen LogP contribution in [0, 0.1) is 0 Å². The Kier molecular flexibility index (Phi) is 6.30. The number of benzene rings is 1. The summed E-state index contributed by atoms with van der Waals surface area (Å²) in [5, 5.41) is 3.48. The molecule has 100 valence electrons. The largest absolute Gasteiger partial charge is 0.384 e. The minimum atomic E-state index is -0.0732. The smallest absolute Gasteiger partial charge is 0.0639 e. The summed E-state index contributed by atoms with van der Waals surface area (Å²) in [7, 11) is 1.76. The average Bonchev–Trinajstić information content (AvgIpc) is 2.37. The average molecular weight is 265 g/mol. The number of hydrogen-bond donors (Lipinski definition) is 1. The molecule has 0 atom stereocenters. The van der Waals surface area contributed by atoms with Crippen molar-refractivity contribution in [1.29, 1.82) is 0 Å². The first-order chi connectivity index (χ1) is 8.59. The summed E-state index contributed by atoms with van der Waals surface area (Å²) in [5.41, 5.74) is 1.12. The maximum Gasteiger partial charge on any atom is 0.0639 e. The third-order valence-corrected chi connectivity index (χ3v) is 3.91. The van der Waals surface area contributed by atoms with Crippen molar-refractivity contribution in [3.8, 4) is 0 Å². The third-order valence-electron chi connectivity index (χ3n) is 2.84. The second-order valence-corrected chi connectivity index (χ2v) is 5.80. The summed E-state index contributed by atoms with van der Waals surface area (Å²) < 4.78 is 5.41. The van der Waals surface area contributed by atoms with E-state index in [9.17, 15) is 0 Å². The summed E-state index contributed by atoms with van der Waals surface area (Å²) in [5.74, 6) is 0.933. The van der Waals surface area contributed by atoms with Crippen LogP contribution in [0.2, 0.25) is 0 Å². The number of rotatable bonds is 8. The third kappa shape index (κ3) is 5.15. The van der Waals surface area contributed by atoms with Crippen LogP contribution in [0.1, 0.15) is 20.3 Å². The Hall–Kier alpha value is -0.930. The number of nitrogens with one attached hydrogen (secondary N) is 1. The Morgan fingerprint density at radius 1 is 1.39 bits per heavy atom. The zero-order chi connectivity index (χ0) is 13.4. The molecule has 0 bridgehead atoms. The Labute approximate surface area is 115 Å². The maximum absolute atomic E-state index is 5.41. The van der Waals surface area contributed by atoms with Crippen molar-refractivity contribution in [3.05, 3.63) is 36.9 Å². The van der Waals surface area contributed by atoms with Crippen molar-refractivity contribution in [3.63, 3.8) is 0 Å². The molecule has 18 heavy (non-hydrogen) atoms. The molecule has 0 aliphatic rings. The lowest BCUT2D eigenvalue weighted by atomic mass is 10.1. The van der Waals surface area contributed by atoms with Gasteiger partial charge in [0, 0.05) is 30.0 Å². The minimum Gasteiger partial charge on any atom is -0.384 e. The number of ether oxygens (including phenoxy) is 1. The van der Waals surface area contributed by atoms with Crippen molar-refractivity contribution in [2.24, 2.45) is 0 Å². The van der Waals surface area contributed by atoms with E-state index in [1.807, 2.05) is 6.08 Å². The molecule has 0 heterocycles. The van der Waals surface area contributed by atoms with Crippen molar-refractivity contribution < 1.29 is 4.74 Å². The van der Waals surface area contributed by atoms with Crippen LogP contribution in [0.4, 0.5) is 5.69 Å². The van der Waals surface area contributed by atoms with Crippen LogP contribution in [-0.4, -0.2) is 25.0 Å². The van der Waals surface area contributed by atoms with Crippen molar-refractivity contribution in [1.82, 2.24) is 0 Å². The normalized spacial score (nSPS) is 11.3. The first kappa shape index (κ1) is 15.1. The molecule has 3 heteroatoms. The first-order valence-corrected chi connectivity index (χ1v) is 7.19. The molecule has 0 spiro atoms. The van der Waals surface area contributed by atoms with Crippen LogP contribution in [0.5, 0.6) is 0 Å². The summed E-state index contributed by atoms with van der Waals surface area (Å²) in [6.07, 6.45) is 2.90. The molecule has 0 unspecified atom stereocenters. The van der Waals surface area contributed by atoms with Crippen LogP contribution >= 0.6 is 11.8 Å². The molecule has 1 aromatic rings. The second kappa shape index (κ2) is 7.49. The van der Waals surface area contributed by atoms with E-state index >= 15 is 0 Å². The predicted octanol–water partition coefficient (Wildman–Crippen LogP) is 4.19. The molecule has 0 saturated heterocycles. The molecule has 0 aromatic heterocycles. The zero-order valence-corrected chi connectivity index (χ0v) is 12.3. The molecule has 0 amide bonds. The molecule has 1 aromatic carbocycles. The molecular weight excluding hydrogens is 242 g/mol. The highest BCUT2D eigenvalue weighted by atomic mass is 32.2. The van der Waals surface area contributed by atoms with E-state index in [1.165, 1.54) is 10.6 Å². The highest BCUT2D eigenvalue weighted by molar-refractivity contribution is 7.99. The molecule has 0 saturated carbocycles. The topological polar surface area (TPSA) is 21.3 Å². The summed E-state index contributed by atoms with van der Waals surface area (Å²) >= 11 is 1.80. The van der Waals surface area contributed by atoms with Crippen molar-refractivity contribution >= 4 is 17.4 Å². The fourth-order valence-corrected chi connectivity index (χ4v) is 2.26. The van der Waals surface area contributed by atoms with Crippen LogP contribution in [0.25, 0.3) is 0 Å². The van der Waals surface area contributed by atoms with Gasteiger partial charge in [-0.1, -0.05) is 18.2 Å². The molecule has 0 radical (unpaired) electrons. The Balaban J connectivity index is 2.53. The quantitative estimate of drug-likeness (QED) is 0.562. The Morgan fingerprint density at radius 3 is 2.78 bits per heavy atom. The monoisotopic (exact) mass is 265 g/mol. The lowest BCUT2D eigenvalue weighted by molar-refractivity contribution is 0.0185. The van der Waals surface area contributed by atoms with Gasteiger partial charge in [0.2, 0.25) is 0 Å². The summed E-state index contributed by atoms with van der Waals surface area (Å²) in [6, 6.07) is 8.38. The maximum atomic E-state index is 5.41. The Morgan fingerprint density at radius 2 is 2.11 bits per heavy atom. The molecule has 1 N–H and O–H groups in total. The lowest BCUT2D eigenvalue weighted by Crippen LogP contribution is -2.25. The Bertz CT molecular complexity index is 377. The van der Waals surface area contributed by atoms with Gasteiger partial charge in [0.15, 0.2) is 0 Å². The highest BCUT2D eigenvalue weighted by Crippen LogP contribution is 2.27. The minimum absolute atomic E-state index is 0.0732. The van der Waals surface area contributed by atoms with Gasteiger partial charge in [-0.05, 0) is 32.4 Å². The number of para-hydroxylation sites is 1. The van der Waals surface area contributed by atoms with E-state index in [-0.39, 0.29) is 5.60 Å². The van der Waals surface area contributed by atoms with Crippen LogP contribution < -0.4 is 5.32 Å². The van der Waals surface area contributed by atoms with Crippen molar-refractivity contribution in [2.45, 2.75) is 30.8 Å². The van der Waals surface area contributed by atoms with Gasteiger partial charge in [0.1, 0.15) is 0 Å². The molecule has 1 rings (SSSR count). The number of hydrogen-bond acceptors (Lipinski definition) is 3. The van der Waals surface area contributed by atoms with E-state index in [0.29, 0.717) is 0 Å². The lowest BCUT2D eigenvalue weighted by Gasteiger charge is -2.23. The highest BCUT2D eigenvalue weighted by Gasteiger charge is 2.15. The molecule has 2 nitrogen and oxygen atoms in total. The molecular formula is C15H23NOS. The van der Waals surface area contributed by atoms with Gasteiger partial charge in [-0.25, -0.2) is 0 Å². The molecule has 0 fully saturated rings. The SMILES string of the molecule is C=CCSc1ccccc1NCCC(C)(C)OC. The van der Waals surface area contributed by atoms with Gasteiger partial charge in [0.25, 0.3) is 0 Å². The van der Waals surface area contributed by atoms with E-state index < -0.39 is 0 Å². The second-order valence-electron chi connectivity index (χ2n) is 4.74. The fraction of sp³-hybridized carbons (Fsp3) is 0.467. The zero-order valence-electron chi connectivity index (χ0n) is 11.5. The van der Waals surface area contributed by atoms with Gasteiger partial charge in [0.05, 0.1) is 5.60 Å². The fourth-order valence-electron chi connectivity index (χ4n) is 1.49. The van der Waals surface area contributed by atoms with E-state index in [4.69, 9.17) is 4.74 Å². The van der Waals surface area contributed by atoms with E-state index in [2.05, 4.69) is 50.0 Å². The van der Waals surface area contributed by atoms with Crippen LogP contribution in [0.15, 0.2) is 41.8 Å². The summed E-state index contributed by atoms with van der Waals surface area (Å²) in [6.45, 7) is 8.87. The standard InChI is InChI=1S/C15H23NOS/c1-5-12-18-14-9-7-6-8-13(14)16-11-10-15(2,3)17-4/h5-9,16H,1,10-12H2,2-4H3. The number of thioether (sulfide) groups is 1. The van der Waals surface area contributed by atoms with Gasteiger partial charge in [-0.2, -0.15) is 0 Å². The van der Waals surface area contributed by atoms with Crippen LogP contribution in [0.3, 0.4) is 0 Å². The van der Waals surface area contributed by atoms with E-state index in [0.717, 1.165) is 18.7 Å². The van der Waals surface area contributed by atoms with Gasteiger partial charge in [-0.15, -0.1) is 18.3 Å². The molecule has 0 aliphatic carbocycles. The number of anilines is 1. The molecule has 0 aliphatic heterocycles. The predicted molar refractivity (Wildman–Crippen MR) is 81.6 cm³/mol. The van der Waals surface area contributed by atoms with E-state index in [1.54, 1.807) is 18.9 Å². The van der Waals surface area contributed by atoms with Gasteiger partial charge in [-0.3, -0.25) is 0 Å². The van der Waals surface area contributed by atoms with Crippen molar-refractivity contribution in [2.75, 3.05) is 24.7 Å². The first-order valence-electron chi connectivity index (χ1n) is 6.21. The van der Waals surface area contributed by atoms with Gasteiger partial charge < -0.3 is 10.1 Å². The van der Waals surface area contributed by atoms with Crippen LogP contribution in [-0.2, 0) is 4.74 Å².